The summed E-state index contributed by atoms with van der Waals surface area (Å²) in [5.74, 6) is 0.397. The molecule has 0 aliphatic carbocycles. The Labute approximate surface area is 103 Å². The number of benzene rings is 1. The number of aldehydes is 1. The number of aliphatic hydroxyl groups excluding tert-OH is 3. The van der Waals surface area contributed by atoms with Gasteiger partial charge in [-0.3, -0.25) is 4.79 Å². The highest BCUT2D eigenvalue weighted by atomic mass is 16.7. The van der Waals surface area contributed by atoms with E-state index in [1.165, 1.54) is 0 Å². The largest absolute Gasteiger partial charge is 0.462 e. The normalized spacial score (nSPS) is 31.9. The number of carbonyl (C=O) groups is 1. The van der Waals surface area contributed by atoms with Crippen molar-refractivity contribution in [3.8, 4) is 5.75 Å². The van der Waals surface area contributed by atoms with Crippen LogP contribution < -0.4 is 4.74 Å². The Kier molecular flexibility index (Phi) is 3.93. The number of rotatable bonds is 3. The van der Waals surface area contributed by atoms with Crippen LogP contribution in [-0.4, -0.2) is 52.8 Å². The van der Waals surface area contributed by atoms with Gasteiger partial charge in [-0.1, -0.05) is 0 Å². The number of carbonyl (C=O) groups excluding carboxylic acids is 1. The van der Waals surface area contributed by atoms with Gasteiger partial charge in [0.2, 0.25) is 6.29 Å². The van der Waals surface area contributed by atoms with E-state index < -0.39 is 24.6 Å². The third-order valence-electron chi connectivity index (χ3n) is 2.72. The second-order valence-electron chi connectivity index (χ2n) is 4.05. The molecule has 18 heavy (non-hydrogen) atoms. The monoisotopic (exact) mass is 254 g/mol. The fourth-order valence-electron chi connectivity index (χ4n) is 1.64. The number of aliphatic hydroxyl groups is 3. The van der Waals surface area contributed by atoms with Crippen molar-refractivity contribution in [2.75, 3.05) is 6.61 Å². The summed E-state index contributed by atoms with van der Waals surface area (Å²) >= 11 is 0. The van der Waals surface area contributed by atoms with Gasteiger partial charge < -0.3 is 24.8 Å². The van der Waals surface area contributed by atoms with Crippen molar-refractivity contribution in [1.29, 1.82) is 0 Å². The fourth-order valence-corrected chi connectivity index (χ4v) is 1.64. The van der Waals surface area contributed by atoms with E-state index in [1.54, 1.807) is 24.3 Å². The van der Waals surface area contributed by atoms with Crippen molar-refractivity contribution in [2.45, 2.75) is 24.6 Å². The van der Waals surface area contributed by atoms with E-state index in [-0.39, 0.29) is 6.61 Å². The first-order chi connectivity index (χ1) is 8.61. The zero-order valence-corrected chi connectivity index (χ0v) is 9.47. The standard InChI is InChI=1S/C12H14O6/c13-5-7-1-3-8(4-2-7)18-12-11(16)10(15)9(14)6-17-12/h1-5,9-12,14-16H,6H2/t9-,10+,11-,12+/m1/s1. The van der Waals surface area contributed by atoms with Crippen LogP contribution in [0, 0.1) is 0 Å². The lowest BCUT2D eigenvalue weighted by Gasteiger charge is -2.34. The van der Waals surface area contributed by atoms with Gasteiger partial charge in [-0.25, -0.2) is 0 Å². The molecule has 4 atom stereocenters. The second-order valence-corrected chi connectivity index (χ2v) is 4.05. The van der Waals surface area contributed by atoms with Gasteiger partial charge in [-0.05, 0) is 24.3 Å². The molecule has 0 aromatic heterocycles. The van der Waals surface area contributed by atoms with Gasteiger partial charge in [0.05, 0.1) is 6.61 Å². The van der Waals surface area contributed by atoms with Gasteiger partial charge in [0.15, 0.2) is 0 Å². The van der Waals surface area contributed by atoms with Crippen LogP contribution in [-0.2, 0) is 4.74 Å². The van der Waals surface area contributed by atoms with Crippen LogP contribution in [0.25, 0.3) is 0 Å². The predicted molar refractivity (Wildman–Crippen MR) is 60.2 cm³/mol. The smallest absolute Gasteiger partial charge is 0.228 e. The molecule has 1 aliphatic rings. The van der Waals surface area contributed by atoms with Crippen LogP contribution >= 0.6 is 0 Å². The first-order valence-electron chi connectivity index (χ1n) is 5.49. The first kappa shape index (κ1) is 13.0. The van der Waals surface area contributed by atoms with Gasteiger partial charge in [0.25, 0.3) is 0 Å². The molecule has 0 saturated carbocycles. The molecule has 0 bridgehead atoms. The maximum atomic E-state index is 10.5. The Bertz CT molecular complexity index is 404. The Morgan fingerprint density at radius 1 is 1.17 bits per heavy atom. The molecule has 0 radical (unpaired) electrons. The highest BCUT2D eigenvalue weighted by Gasteiger charge is 2.38. The van der Waals surface area contributed by atoms with Crippen molar-refractivity contribution < 1.29 is 29.6 Å². The molecule has 1 aromatic carbocycles. The molecule has 1 aliphatic heterocycles. The van der Waals surface area contributed by atoms with Gasteiger partial charge in [0, 0.05) is 5.56 Å². The van der Waals surface area contributed by atoms with Gasteiger partial charge in [-0.15, -0.1) is 0 Å². The van der Waals surface area contributed by atoms with E-state index >= 15 is 0 Å². The summed E-state index contributed by atoms with van der Waals surface area (Å²) in [6.45, 7) is -0.116. The number of hydrogen-bond acceptors (Lipinski definition) is 6. The third kappa shape index (κ3) is 2.68. The van der Waals surface area contributed by atoms with Crippen LogP contribution in [0.4, 0.5) is 0 Å². The van der Waals surface area contributed by atoms with Crippen LogP contribution in [0.1, 0.15) is 10.4 Å². The third-order valence-corrected chi connectivity index (χ3v) is 2.72. The highest BCUT2D eigenvalue weighted by Crippen LogP contribution is 2.20. The van der Waals surface area contributed by atoms with Gasteiger partial charge in [-0.2, -0.15) is 0 Å². The van der Waals surface area contributed by atoms with Crippen molar-refractivity contribution in [2.24, 2.45) is 0 Å². The Morgan fingerprint density at radius 2 is 1.83 bits per heavy atom. The molecule has 0 amide bonds. The SMILES string of the molecule is O=Cc1ccc(O[C@@H]2OC[C@@H](O)[C@H](O)[C@H]2O)cc1. The highest BCUT2D eigenvalue weighted by molar-refractivity contribution is 5.74. The summed E-state index contributed by atoms with van der Waals surface area (Å²) in [7, 11) is 0. The molecule has 2 rings (SSSR count). The molecule has 6 nitrogen and oxygen atoms in total. The molecular weight excluding hydrogens is 240 g/mol. The number of ether oxygens (including phenoxy) is 2. The van der Waals surface area contributed by atoms with Crippen LogP contribution in [0.15, 0.2) is 24.3 Å². The summed E-state index contributed by atoms with van der Waals surface area (Å²) in [4.78, 5) is 10.5. The summed E-state index contributed by atoms with van der Waals surface area (Å²) in [5.41, 5.74) is 0.503. The molecule has 0 unspecified atom stereocenters. The average molecular weight is 254 g/mol. The molecule has 1 fully saturated rings. The van der Waals surface area contributed by atoms with Gasteiger partial charge >= 0.3 is 0 Å². The molecule has 0 spiro atoms. The van der Waals surface area contributed by atoms with Gasteiger partial charge in [0.1, 0.15) is 30.3 Å². The Balaban J connectivity index is 2.02. The van der Waals surface area contributed by atoms with E-state index in [4.69, 9.17) is 9.47 Å². The van der Waals surface area contributed by atoms with Crippen LogP contribution in [0.2, 0.25) is 0 Å². The van der Waals surface area contributed by atoms with E-state index in [0.29, 0.717) is 17.6 Å². The molecule has 6 heteroatoms. The van der Waals surface area contributed by atoms with E-state index in [2.05, 4.69) is 0 Å². The second kappa shape index (κ2) is 5.45. The maximum absolute atomic E-state index is 10.5. The summed E-state index contributed by atoms with van der Waals surface area (Å²) in [5, 5.41) is 28.4. The van der Waals surface area contributed by atoms with E-state index in [9.17, 15) is 20.1 Å². The lowest BCUT2D eigenvalue weighted by molar-refractivity contribution is -0.242. The quantitative estimate of drug-likeness (QED) is 0.618. The number of hydrogen-bond donors (Lipinski definition) is 3. The van der Waals surface area contributed by atoms with Crippen molar-refractivity contribution in [3.63, 3.8) is 0 Å². The summed E-state index contributed by atoms with van der Waals surface area (Å²) in [6.07, 6.45) is -4.11. The minimum absolute atomic E-state index is 0.116. The van der Waals surface area contributed by atoms with Crippen molar-refractivity contribution >= 4 is 6.29 Å². The van der Waals surface area contributed by atoms with Crippen molar-refractivity contribution in [3.05, 3.63) is 29.8 Å². The maximum Gasteiger partial charge on any atom is 0.228 e. The van der Waals surface area contributed by atoms with Crippen LogP contribution in [0.3, 0.4) is 0 Å². The average Bonchev–Trinajstić information content (AvgIpc) is 2.40. The molecular formula is C12H14O6. The Morgan fingerprint density at radius 3 is 2.44 bits per heavy atom. The van der Waals surface area contributed by atoms with E-state index in [1.807, 2.05) is 0 Å². The molecule has 1 heterocycles. The molecule has 3 N–H and O–H groups in total. The van der Waals surface area contributed by atoms with Crippen LogP contribution in [0.5, 0.6) is 5.75 Å². The molecule has 98 valence electrons. The van der Waals surface area contributed by atoms with E-state index in [0.717, 1.165) is 0 Å². The minimum Gasteiger partial charge on any atom is -0.462 e. The molecule has 1 saturated heterocycles. The zero-order chi connectivity index (χ0) is 13.1. The summed E-state index contributed by atoms with van der Waals surface area (Å²) in [6, 6.07) is 6.22. The lowest BCUT2D eigenvalue weighted by atomic mass is 10.1. The topological polar surface area (TPSA) is 96.2 Å². The fraction of sp³-hybridized carbons (Fsp3) is 0.417. The Hall–Kier alpha value is -1.47. The zero-order valence-electron chi connectivity index (χ0n) is 9.47. The predicted octanol–water partition coefficient (Wildman–Crippen LogP) is -0.683. The lowest BCUT2D eigenvalue weighted by Crippen LogP contribution is -2.54. The summed E-state index contributed by atoms with van der Waals surface area (Å²) < 4.78 is 10.4. The molecule has 1 aromatic rings. The first-order valence-corrected chi connectivity index (χ1v) is 5.49. The minimum atomic E-state index is -1.33. The van der Waals surface area contributed by atoms with Crippen molar-refractivity contribution in [1.82, 2.24) is 0 Å².